The van der Waals surface area contributed by atoms with E-state index in [1.54, 1.807) is 12.2 Å². The maximum absolute atomic E-state index is 14.9. The van der Waals surface area contributed by atoms with Gasteiger partial charge in [-0.15, -0.1) is 0 Å². The van der Waals surface area contributed by atoms with Gasteiger partial charge in [0, 0.05) is 18.1 Å². The SMILES string of the molecule is CCC1(C)CCC(C)(C)C(n2c(=O)n(C3CC(C)(C)CC(C)(CN=C=O)C3)c(=O)n(C3CC(C)(CN=C=O)CCC3(C)C)c2=O)C1. The molecule has 10 heteroatoms. The molecule has 1 heterocycles. The Morgan fingerprint density at radius 1 is 0.609 bits per heavy atom. The second-order valence-electron chi connectivity index (χ2n) is 18.4. The van der Waals surface area contributed by atoms with E-state index in [9.17, 15) is 24.0 Å². The van der Waals surface area contributed by atoms with Crippen LogP contribution in [0.15, 0.2) is 24.4 Å². The molecule has 256 valence electrons. The van der Waals surface area contributed by atoms with Gasteiger partial charge in [-0.05, 0) is 90.3 Å². The molecular formula is C36H57N5O5. The largest absolute Gasteiger partial charge is 0.336 e. The Bertz CT molecular complexity index is 1600. The monoisotopic (exact) mass is 639 g/mol. The molecule has 3 fully saturated rings. The van der Waals surface area contributed by atoms with E-state index < -0.39 is 45.4 Å². The van der Waals surface area contributed by atoms with Crippen LogP contribution in [0.1, 0.15) is 152 Å². The first-order chi connectivity index (χ1) is 21.2. The van der Waals surface area contributed by atoms with Crippen molar-refractivity contribution in [1.29, 1.82) is 0 Å². The number of rotatable bonds is 8. The number of aliphatic imine (C=N–C) groups is 2. The Hall–Kier alpha value is -2.83. The van der Waals surface area contributed by atoms with Crippen molar-refractivity contribution in [3.63, 3.8) is 0 Å². The molecule has 1 aromatic rings. The molecule has 10 nitrogen and oxygen atoms in total. The van der Waals surface area contributed by atoms with E-state index in [1.165, 1.54) is 13.7 Å². The molecule has 0 N–H and O–H groups in total. The second kappa shape index (κ2) is 12.3. The molecule has 46 heavy (non-hydrogen) atoms. The van der Waals surface area contributed by atoms with Gasteiger partial charge >= 0.3 is 17.1 Å². The minimum atomic E-state index is -0.566. The smallest absolute Gasteiger partial charge is 0.247 e. The Balaban J connectivity index is 2.05. The van der Waals surface area contributed by atoms with Gasteiger partial charge in [-0.3, -0.25) is 0 Å². The highest BCUT2D eigenvalue weighted by Crippen LogP contribution is 2.54. The van der Waals surface area contributed by atoms with Crippen LogP contribution in [-0.4, -0.2) is 39.0 Å². The van der Waals surface area contributed by atoms with E-state index in [1.807, 2.05) is 0 Å². The fourth-order valence-corrected chi connectivity index (χ4v) is 9.38. The summed E-state index contributed by atoms with van der Waals surface area (Å²) in [6.45, 7) is 21.7. The maximum Gasteiger partial charge on any atom is 0.336 e. The van der Waals surface area contributed by atoms with Crippen molar-refractivity contribution in [3.8, 4) is 0 Å². The van der Waals surface area contributed by atoms with Gasteiger partial charge in [0.2, 0.25) is 12.2 Å². The molecule has 3 saturated carbocycles. The zero-order chi connectivity index (χ0) is 34.5. The lowest BCUT2D eigenvalue weighted by Crippen LogP contribution is -2.62. The minimum Gasteiger partial charge on any atom is -0.247 e. The van der Waals surface area contributed by atoms with E-state index >= 15 is 0 Å². The summed E-state index contributed by atoms with van der Waals surface area (Å²) >= 11 is 0. The van der Waals surface area contributed by atoms with Crippen LogP contribution in [0.3, 0.4) is 0 Å². The van der Waals surface area contributed by atoms with Crippen molar-refractivity contribution in [3.05, 3.63) is 31.5 Å². The highest BCUT2D eigenvalue weighted by molar-refractivity contribution is 5.33. The molecule has 0 saturated heterocycles. The predicted octanol–water partition coefficient (Wildman–Crippen LogP) is 6.53. The van der Waals surface area contributed by atoms with E-state index in [2.05, 4.69) is 79.2 Å². The van der Waals surface area contributed by atoms with Crippen molar-refractivity contribution in [2.24, 2.45) is 42.5 Å². The highest BCUT2D eigenvalue weighted by atomic mass is 16.2. The third kappa shape index (κ3) is 6.89. The van der Waals surface area contributed by atoms with Gasteiger partial charge in [-0.25, -0.2) is 47.7 Å². The lowest BCUT2D eigenvalue weighted by Gasteiger charge is -2.49. The summed E-state index contributed by atoms with van der Waals surface area (Å²) in [5.41, 5.74) is -3.51. The number of nitrogens with zero attached hydrogens (tertiary/aromatic N) is 5. The van der Waals surface area contributed by atoms with Crippen LogP contribution in [-0.2, 0) is 9.59 Å². The average Bonchev–Trinajstić information content (AvgIpc) is 2.94. The molecule has 0 amide bonds. The predicted molar refractivity (Wildman–Crippen MR) is 180 cm³/mol. The number of carbonyl (C=O) groups excluding carboxylic acids is 2. The summed E-state index contributed by atoms with van der Waals surface area (Å²) in [4.78, 5) is 74.7. The van der Waals surface area contributed by atoms with Crippen LogP contribution < -0.4 is 17.1 Å². The van der Waals surface area contributed by atoms with Crippen molar-refractivity contribution in [2.45, 2.75) is 152 Å². The third-order valence-corrected chi connectivity index (χ3v) is 12.5. The first-order valence-electron chi connectivity index (χ1n) is 17.2. The molecule has 0 aliphatic heterocycles. The van der Waals surface area contributed by atoms with Crippen molar-refractivity contribution in [2.75, 3.05) is 13.1 Å². The molecule has 6 atom stereocenters. The standard InChI is InChI=1S/C36H57N5O5/c1-11-34(8)14-12-32(4,5)26(18-34)40-28(44)39(25-16-31(2,3)20-36(10,17-25)22-38-24-43)29(45)41(30(40)46)27-19-35(9,21-37-23-42)15-13-33(27,6)7/h25-27H,11-22H2,1-10H3. The Morgan fingerprint density at radius 2 is 1.04 bits per heavy atom. The fraction of sp³-hybridized carbons (Fsp3) is 0.861. The molecule has 0 bridgehead atoms. The molecule has 6 unspecified atom stereocenters. The molecule has 3 aliphatic carbocycles. The van der Waals surface area contributed by atoms with Gasteiger partial charge in [0.15, 0.2) is 0 Å². The lowest BCUT2D eigenvalue weighted by molar-refractivity contribution is 0.0224. The fourth-order valence-electron chi connectivity index (χ4n) is 9.38. The molecular weight excluding hydrogens is 582 g/mol. The van der Waals surface area contributed by atoms with Gasteiger partial charge in [-0.2, -0.15) is 0 Å². The van der Waals surface area contributed by atoms with Crippen LogP contribution in [0, 0.1) is 32.5 Å². The summed E-state index contributed by atoms with van der Waals surface area (Å²) in [5.74, 6) is 0. The summed E-state index contributed by atoms with van der Waals surface area (Å²) in [6.07, 6.45) is 10.7. The maximum atomic E-state index is 14.9. The molecule has 0 spiro atoms. The van der Waals surface area contributed by atoms with Gasteiger partial charge < -0.3 is 0 Å². The van der Waals surface area contributed by atoms with Crippen LogP contribution in [0.4, 0.5) is 0 Å². The first kappa shape index (κ1) is 36.0. The highest BCUT2D eigenvalue weighted by Gasteiger charge is 2.49. The Labute approximate surface area is 273 Å². The van der Waals surface area contributed by atoms with Gasteiger partial charge in [0.05, 0.1) is 13.1 Å². The molecule has 0 aromatic carbocycles. The topological polar surface area (TPSA) is 125 Å². The van der Waals surface area contributed by atoms with E-state index in [4.69, 9.17) is 0 Å². The zero-order valence-electron chi connectivity index (χ0n) is 30.0. The normalized spacial score (nSPS) is 35.0. The van der Waals surface area contributed by atoms with Crippen molar-refractivity contribution >= 4 is 12.2 Å². The van der Waals surface area contributed by atoms with Crippen LogP contribution in [0.2, 0.25) is 0 Å². The van der Waals surface area contributed by atoms with Crippen molar-refractivity contribution in [1.82, 2.24) is 13.7 Å². The second-order valence-corrected chi connectivity index (χ2v) is 18.4. The van der Waals surface area contributed by atoms with E-state index in [0.29, 0.717) is 25.7 Å². The van der Waals surface area contributed by atoms with Crippen LogP contribution >= 0.6 is 0 Å². The molecule has 0 radical (unpaired) electrons. The molecule has 4 rings (SSSR count). The van der Waals surface area contributed by atoms with Gasteiger partial charge in [0.25, 0.3) is 0 Å². The Kier molecular flexibility index (Phi) is 9.65. The molecule has 3 aliphatic rings. The molecule has 1 aromatic heterocycles. The van der Waals surface area contributed by atoms with Crippen molar-refractivity contribution < 1.29 is 9.59 Å². The third-order valence-electron chi connectivity index (χ3n) is 12.5. The zero-order valence-corrected chi connectivity index (χ0v) is 30.0. The number of hydrogen-bond donors (Lipinski definition) is 0. The number of aromatic nitrogens is 3. The van der Waals surface area contributed by atoms with Crippen LogP contribution in [0.25, 0.3) is 0 Å². The lowest BCUT2D eigenvalue weighted by atomic mass is 9.62. The summed E-state index contributed by atoms with van der Waals surface area (Å²) in [5, 5.41) is 0. The number of isocyanates is 2. The number of hydrogen-bond acceptors (Lipinski definition) is 7. The van der Waals surface area contributed by atoms with Crippen LogP contribution in [0.5, 0.6) is 0 Å². The first-order valence-corrected chi connectivity index (χ1v) is 17.2. The van der Waals surface area contributed by atoms with E-state index in [-0.39, 0.29) is 35.4 Å². The van der Waals surface area contributed by atoms with Gasteiger partial charge in [-0.1, -0.05) is 75.7 Å². The Morgan fingerprint density at radius 3 is 1.52 bits per heavy atom. The summed E-state index contributed by atoms with van der Waals surface area (Å²) in [7, 11) is 0. The van der Waals surface area contributed by atoms with Gasteiger partial charge in [0.1, 0.15) is 0 Å². The average molecular weight is 640 g/mol. The summed E-state index contributed by atoms with van der Waals surface area (Å²) < 4.78 is 4.24. The minimum absolute atomic E-state index is 0.0361. The van der Waals surface area contributed by atoms with E-state index in [0.717, 1.165) is 38.5 Å². The quantitative estimate of drug-likeness (QED) is 0.236. The summed E-state index contributed by atoms with van der Waals surface area (Å²) in [6, 6.07) is -1.36.